The van der Waals surface area contributed by atoms with E-state index in [1.165, 1.54) is 6.20 Å². The van der Waals surface area contributed by atoms with Crippen molar-refractivity contribution < 1.29 is 10.0 Å². The number of aliphatic hydroxyl groups is 1. The van der Waals surface area contributed by atoms with E-state index < -0.39 is 10.5 Å². The fourth-order valence-electron chi connectivity index (χ4n) is 2.61. The van der Waals surface area contributed by atoms with Crippen molar-refractivity contribution in [1.29, 1.82) is 0 Å². The number of aromatic nitrogens is 1. The Labute approximate surface area is 135 Å². The number of anilines is 1. The molecule has 0 aliphatic heterocycles. The lowest BCUT2D eigenvalue weighted by atomic mass is 9.93. The van der Waals surface area contributed by atoms with E-state index >= 15 is 0 Å². The van der Waals surface area contributed by atoms with E-state index in [0.29, 0.717) is 16.6 Å². The van der Waals surface area contributed by atoms with Gasteiger partial charge < -0.3 is 10.4 Å². The largest absolute Gasteiger partial charge is 0.388 e. The smallest absolute Gasteiger partial charge is 0.311 e. The standard InChI is InChI=1S/C17H23N3O3/c1-4-5-10-15(17(2,3)21)19-16-12-8-6-7-9-13(12)18-11-14(16)20(22)23/h6-9,11,15,21H,4-5,10H2,1-3H3,(H,18,19). The number of nitrogens with zero attached hydrogens (tertiary/aromatic N) is 2. The molecule has 1 aromatic heterocycles. The van der Waals surface area contributed by atoms with Crippen LogP contribution in [0.15, 0.2) is 30.5 Å². The molecule has 2 N–H and O–H groups in total. The Morgan fingerprint density at radius 1 is 1.39 bits per heavy atom. The van der Waals surface area contributed by atoms with Crippen molar-refractivity contribution in [3.63, 3.8) is 0 Å². The van der Waals surface area contributed by atoms with Crippen molar-refractivity contribution in [3.8, 4) is 0 Å². The molecule has 1 aromatic carbocycles. The Hall–Kier alpha value is -2.21. The highest BCUT2D eigenvalue weighted by Crippen LogP contribution is 2.33. The molecule has 124 valence electrons. The zero-order valence-electron chi connectivity index (χ0n) is 13.7. The van der Waals surface area contributed by atoms with E-state index in [1.807, 2.05) is 18.2 Å². The lowest BCUT2D eigenvalue weighted by molar-refractivity contribution is -0.384. The normalized spacial score (nSPS) is 13.0. The Morgan fingerprint density at radius 3 is 2.70 bits per heavy atom. The number of hydrogen-bond donors (Lipinski definition) is 2. The van der Waals surface area contributed by atoms with Crippen LogP contribution in [0.5, 0.6) is 0 Å². The molecular formula is C17H23N3O3. The summed E-state index contributed by atoms with van der Waals surface area (Å²) in [5.41, 5.74) is 0.0387. The Bertz CT molecular complexity index is 695. The first kappa shape index (κ1) is 17.1. The molecule has 0 spiro atoms. The minimum Gasteiger partial charge on any atom is -0.388 e. The average Bonchev–Trinajstić information content (AvgIpc) is 2.49. The molecule has 23 heavy (non-hydrogen) atoms. The zero-order chi connectivity index (χ0) is 17.0. The number of fused-ring (bicyclic) bond motifs is 1. The van der Waals surface area contributed by atoms with Crippen LogP contribution >= 0.6 is 0 Å². The lowest BCUT2D eigenvalue weighted by Gasteiger charge is -2.31. The molecule has 0 radical (unpaired) electrons. The number of unbranched alkanes of at least 4 members (excludes halogenated alkanes) is 1. The van der Waals surface area contributed by atoms with Crippen molar-refractivity contribution in [2.75, 3.05) is 5.32 Å². The minimum atomic E-state index is -0.993. The molecule has 2 aromatic rings. The van der Waals surface area contributed by atoms with Gasteiger partial charge in [-0.3, -0.25) is 10.1 Å². The lowest BCUT2D eigenvalue weighted by Crippen LogP contribution is -2.42. The molecule has 1 unspecified atom stereocenters. The van der Waals surface area contributed by atoms with Gasteiger partial charge in [0.2, 0.25) is 0 Å². The summed E-state index contributed by atoms with van der Waals surface area (Å²) in [5, 5.41) is 25.7. The van der Waals surface area contributed by atoms with E-state index in [2.05, 4.69) is 17.2 Å². The van der Waals surface area contributed by atoms with Crippen LogP contribution in [0, 0.1) is 10.1 Å². The third-order valence-electron chi connectivity index (χ3n) is 3.97. The van der Waals surface area contributed by atoms with Gasteiger partial charge in [-0.1, -0.05) is 38.0 Å². The third-order valence-corrected chi connectivity index (χ3v) is 3.97. The summed E-state index contributed by atoms with van der Waals surface area (Å²) in [7, 11) is 0. The van der Waals surface area contributed by atoms with Gasteiger partial charge in [0.15, 0.2) is 0 Å². The fraction of sp³-hybridized carbons (Fsp3) is 0.471. The van der Waals surface area contributed by atoms with Crippen molar-refractivity contribution >= 4 is 22.3 Å². The second-order valence-electron chi connectivity index (χ2n) is 6.29. The quantitative estimate of drug-likeness (QED) is 0.597. The van der Waals surface area contributed by atoms with E-state index in [-0.39, 0.29) is 11.7 Å². The van der Waals surface area contributed by atoms with Gasteiger partial charge >= 0.3 is 5.69 Å². The average molecular weight is 317 g/mol. The molecule has 0 aliphatic rings. The van der Waals surface area contributed by atoms with Crippen LogP contribution in [0.3, 0.4) is 0 Å². The van der Waals surface area contributed by atoms with Crippen LogP contribution in [0.2, 0.25) is 0 Å². The second kappa shape index (κ2) is 6.91. The number of rotatable bonds is 7. The molecule has 2 rings (SSSR count). The number of nitrogens with one attached hydrogen (secondary N) is 1. The van der Waals surface area contributed by atoms with Crippen LogP contribution in [-0.4, -0.2) is 26.7 Å². The molecule has 0 bridgehead atoms. The summed E-state index contributed by atoms with van der Waals surface area (Å²) in [5.74, 6) is 0. The molecule has 1 heterocycles. The van der Waals surface area contributed by atoms with E-state index in [9.17, 15) is 15.2 Å². The highest BCUT2D eigenvalue weighted by atomic mass is 16.6. The maximum atomic E-state index is 11.4. The number of para-hydroxylation sites is 1. The maximum absolute atomic E-state index is 11.4. The van der Waals surface area contributed by atoms with Crippen molar-refractivity contribution in [3.05, 3.63) is 40.6 Å². The maximum Gasteiger partial charge on any atom is 0.311 e. The molecule has 0 aliphatic carbocycles. The molecular weight excluding hydrogens is 294 g/mol. The van der Waals surface area contributed by atoms with Crippen LogP contribution in [0.25, 0.3) is 10.9 Å². The van der Waals surface area contributed by atoms with Crippen molar-refractivity contribution in [2.24, 2.45) is 0 Å². The summed E-state index contributed by atoms with van der Waals surface area (Å²) >= 11 is 0. The van der Waals surface area contributed by atoms with Gasteiger partial charge in [0.1, 0.15) is 11.9 Å². The number of hydrogen-bond acceptors (Lipinski definition) is 5. The predicted molar refractivity (Wildman–Crippen MR) is 91.6 cm³/mol. The van der Waals surface area contributed by atoms with Crippen LogP contribution in [0.1, 0.15) is 40.0 Å². The number of benzene rings is 1. The molecule has 0 fully saturated rings. The van der Waals surface area contributed by atoms with Gasteiger partial charge in [-0.25, -0.2) is 4.98 Å². The molecule has 0 saturated carbocycles. The number of pyridine rings is 1. The van der Waals surface area contributed by atoms with Crippen LogP contribution < -0.4 is 5.32 Å². The Morgan fingerprint density at radius 2 is 2.09 bits per heavy atom. The Kier molecular flexibility index (Phi) is 5.15. The van der Waals surface area contributed by atoms with Gasteiger partial charge in [0.25, 0.3) is 0 Å². The molecule has 0 amide bonds. The third kappa shape index (κ3) is 3.96. The summed E-state index contributed by atoms with van der Waals surface area (Å²) in [6.07, 6.45) is 3.92. The first-order valence-corrected chi connectivity index (χ1v) is 7.85. The van der Waals surface area contributed by atoms with Gasteiger partial charge in [-0.05, 0) is 26.3 Å². The van der Waals surface area contributed by atoms with Crippen molar-refractivity contribution in [2.45, 2.75) is 51.7 Å². The number of nitro groups is 1. The molecule has 6 heteroatoms. The highest BCUT2D eigenvalue weighted by Gasteiger charge is 2.29. The van der Waals surface area contributed by atoms with Gasteiger partial charge in [0, 0.05) is 5.39 Å². The summed E-state index contributed by atoms with van der Waals surface area (Å²) in [6, 6.07) is 7.00. The molecule has 0 saturated heterocycles. The van der Waals surface area contributed by atoms with Crippen molar-refractivity contribution in [1.82, 2.24) is 4.98 Å². The first-order chi connectivity index (χ1) is 10.8. The fourth-order valence-corrected chi connectivity index (χ4v) is 2.61. The van der Waals surface area contributed by atoms with E-state index in [0.717, 1.165) is 19.3 Å². The SMILES string of the molecule is CCCCC(Nc1c([N+](=O)[O-])cnc2ccccc12)C(C)(C)O. The van der Waals surface area contributed by atoms with Crippen LogP contribution in [0.4, 0.5) is 11.4 Å². The summed E-state index contributed by atoms with van der Waals surface area (Å²) in [4.78, 5) is 15.1. The minimum absolute atomic E-state index is 0.0746. The topological polar surface area (TPSA) is 88.3 Å². The summed E-state index contributed by atoms with van der Waals surface area (Å²) < 4.78 is 0. The monoisotopic (exact) mass is 317 g/mol. The van der Waals surface area contributed by atoms with Gasteiger partial charge in [-0.15, -0.1) is 0 Å². The van der Waals surface area contributed by atoms with Crippen LogP contribution in [-0.2, 0) is 0 Å². The van der Waals surface area contributed by atoms with Gasteiger partial charge in [0.05, 0.1) is 22.1 Å². The second-order valence-corrected chi connectivity index (χ2v) is 6.29. The van der Waals surface area contributed by atoms with Gasteiger partial charge in [-0.2, -0.15) is 0 Å². The molecule has 6 nitrogen and oxygen atoms in total. The molecule has 1 atom stereocenters. The predicted octanol–water partition coefficient (Wildman–Crippen LogP) is 3.88. The highest BCUT2D eigenvalue weighted by molar-refractivity contribution is 5.95. The first-order valence-electron chi connectivity index (χ1n) is 7.85. The Balaban J connectivity index is 2.50. The summed E-state index contributed by atoms with van der Waals surface area (Å²) in [6.45, 7) is 5.51. The van der Waals surface area contributed by atoms with E-state index in [4.69, 9.17) is 0 Å². The zero-order valence-corrected chi connectivity index (χ0v) is 13.7. The van der Waals surface area contributed by atoms with E-state index in [1.54, 1.807) is 19.9 Å².